The first-order chi connectivity index (χ1) is 8.74. The Bertz CT molecular complexity index is 516. The molecule has 0 saturated heterocycles. The fraction of sp³-hybridized carbons (Fsp3) is 0.167. The van der Waals surface area contributed by atoms with Crippen LogP contribution < -0.4 is 10.6 Å². The third-order valence-electron chi connectivity index (χ3n) is 2.18. The standard InChI is InChI=1S/C12H12FN3OS/c13-9-2-1-3-10(4-9)16-12(17)7-14-5-11-6-15-8-18-11/h1-4,6,8,14H,5,7H2,(H,16,17). The van der Waals surface area contributed by atoms with Crippen molar-refractivity contribution in [3.63, 3.8) is 0 Å². The van der Waals surface area contributed by atoms with Crippen LogP contribution in [0.2, 0.25) is 0 Å². The molecule has 94 valence electrons. The van der Waals surface area contributed by atoms with Gasteiger partial charge in [-0.05, 0) is 18.2 Å². The van der Waals surface area contributed by atoms with Gasteiger partial charge in [0, 0.05) is 23.3 Å². The number of carbonyl (C=O) groups is 1. The Hall–Kier alpha value is -1.79. The number of nitrogens with one attached hydrogen (secondary N) is 2. The number of aromatic nitrogens is 1. The van der Waals surface area contributed by atoms with E-state index >= 15 is 0 Å². The first-order valence-electron chi connectivity index (χ1n) is 5.37. The molecular weight excluding hydrogens is 253 g/mol. The molecule has 0 spiro atoms. The zero-order valence-corrected chi connectivity index (χ0v) is 10.3. The second kappa shape index (κ2) is 6.23. The number of hydrogen-bond donors (Lipinski definition) is 2. The Morgan fingerprint density at radius 2 is 2.33 bits per heavy atom. The van der Waals surface area contributed by atoms with E-state index in [1.54, 1.807) is 23.8 Å². The maximum Gasteiger partial charge on any atom is 0.238 e. The van der Waals surface area contributed by atoms with Gasteiger partial charge in [-0.25, -0.2) is 4.39 Å². The lowest BCUT2D eigenvalue weighted by molar-refractivity contribution is -0.115. The summed E-state index contributed by atoms with van der Waals surface area (Å²) in [6, 6.07) is 5.80. The van der Waals surface area contributed by atoms with Crippen LogP contribution in [0.25, 0.3) is 0 Å². The quantitative estimate of drug-likeness (QED) is 0.869. The molecule has 0 aliphatic rings. The van der Waals surface area contributed by atoms with Gasteiger partial charge in [-0.1, -0.05) is 6.07 Å². The lowest BCUT2D eigenvalue weighted by atomic mass is 10.3. The Labute approximate surface area is 108 Å². The molecule has 0 fully saturated rings. The van der Waals surface area contributed by atoms with E-state index in [9.17, 15) is 9.18 Å². The van der Waals surface area contributed by atoms with Gasteiger partial charge in [0.2, 0.25) is 5.91 Å². The van der Waals surface area contributed by atoms with E-state index < -0.39 is 0 Å². The number of rotatable bonds is 5. The summed E-state index contributed by atoms with van der Waals surface area (Å²) in [6.07, 6.45) is 1.75. The number of carbonyl (C=O) groups excluding carboxylic acids is 1. The van der Waals surface area contributed by atoms with Gasteiger partial charge in [0.15, 0.2) is 0 Å². The van der Waals surface area contributed by atoms with Crippen LogP contribution in [0.5, 0.6) is 0 Å². The van der Waals surface area contributed by atoms with E-state index in [-0.39, 0.29) is 18.3 Å². The van der Waals surface area contributed by atoms with Crippen LogP contribution in [0.4, 0.5) is 10.1 Å². The largest absolute Gasteiger partial charge is 0.325 e. The smallest absolute Gasteiger partial charge is 0.238 e. The van der Waals surface area contributed by atoms with Crippen molar-refractivity contribution >= 4 is 22.9 Å². The zero-order valence-electron chi connectivity index (χ0n) is 9.52. The van der Waals surface area contributed by atoms with Crippen molar-refractivity contribution in [2.75, 3.05) is 11.9 Å². The normalized spacial score (nSPS) is 10.3. The molecule has 0 saturated carbocycles. The highest BCUT2D eigenvalue weighted by atomic mass is 32.1. The summed E-state index contributed by atoms with van der Waals surface area (Å²) in [5.41, 5.74) is 2.20. The van der Waals surface area contributed by atoms with Gasteiger partial charge in [-0.15, -0.1) is 11.3 Å². The number of anilines is 1. The molecule has 1 aromatic carbocycles. The summed E-state index contributed by atoms with van der Waals surface area (Å²) in [5, 5.41) is 5.60. The Morgan fingerprint density at radius 1 is 1.44 bits per heavy atom. The molecule has 4 nitrogen and oxygen atoms in total. The molecule has 1 heterocycles. The number of benzene rings is 1. The highest BCUT2D eigenvalue weighted by molar-refractivity contribution is 7.09. The molecule has 2 aromatic rings. The third-order valence-corrected chi connectivity index (χ3v) is 2.96. The fourth-order valence-electron chi connectivity index (χ4n) is 1.40. The molecule has 6 heteroatoms. The van der Waals surface area contributed by atoms with Crippen LogP contribution in [0.3, 0.4) is 0 Å². The van der Waals surface area contributed by atoms with Gasteiger partial charge in [-0.2, -0.15) is 0 Å². The van der Waals surface area contributed by atoms with E-state index in [1.807, 2.05) is 0 Å². The summed E-state index contributed by atoms with van der Waals surface area (Å²) in [4.78, 5) is 16.5. The Morgan fingerprint density at radius 3 is 3.06 bits per heavy atom. The average Bonchev–Trinajstić information content (AvgIpc) is 2.82. The number of halogens is 1. The van der Waals surface area contributed by atoms with Gasteiger partial charge in [0.1, 0.15) is 5.82 Å². The van der Waals surface area contributed by atoms with E-state index in [2.05, 4.69) is 15.6 Å². The molecular formula is C12H12FN3OS. The molecule has 1 amide bonds. The summed E-state index contributed by atoms with van der Waals surface area (Å²) in [6.45, 7) is 0.773. The van der Waals surface area contributed by atoms with Crippen LogP contribution >= 0.6 is 11.3 Å². The van der Waals surface area contributed by atoms with Crippen molar-refractivity contribution in [1.29, 1.82) is 0 Å². The number of amides is 1. The SMILES string of the molecule is O=C(CNCc1cncs1)Nc1cccc(F)c1. The molecule has 2 N–H and O–H groups in total. The summed E-state index contributed by atoms with van der Waals surface area (Å²) in [5.74, 6) is -0.574. The van der Waals surface area contributed by atoms with Crippen molar-refractivity contribution in [1.82, 2.24) is 10.3 Å². The number of hydrogen-bond acceptors (Lipinski definition) is 4. The second-order valence-corrected chi connectivity index (χ2v) is 4.60. The molecule has 18 heavy (non-hydrogen) atoms. The van der Waals surface area contributed by atoms with Gasteiger partial charge in [0.05, 0.1) is 12.1 Å². The van der Waals surface area contributed by atoms with Crippen molar-refractivity contribution in [3.05, 3.63) is 46.7 Å². The van der Waals surface area contributed by atoms with E-state index in [1.165, 1.54) is 23.5 Å². The Kier molecular flexibility index (Phi) is 4.38. The molecule has 0 unspecified atom stereocenters. The summed E-state index contributed by atoms with van der Waals surface area (Å²) in [7, 11) is 0. The molecule has 1 aromatic heterocycles. The highest BCUT2D eigenvalue weighted by Gasteiger charge is 2.03. The first-order valence-corrected chi connectivity index (χ1v) is 6.25. The van der Waals surface area contributed by atoms with E-state index in [0.717, 1.165) is 4.88 Å². The monoisotopic (exact) mass is 265 g/mol. The van der Waals surface area contributed by atoms with Crippen molar-refractivity contribution < 1.29 is 9.18 Å². The average molecular weight is 265 g/mol. The fourth-order valence-corrected chi connectivity index (χ4v) is 1.96. The number of nitrogens with zero attached hydrogens (tertiary/aromatic N) is 1. The summed E-state index contributed by atoms with van der Waals surface area (Å²) < 4.78 is 12.9. The van der Waals surface area contributed by atoms with Crippen LogP contribution in [-0.2, 0) is 11.3 Å². The third kappa shape index (κ3) is 3.90. The van der Waals surface area contributed by atoms with Gasteiger partial charge < -0.3 is 10.6 Å². The van der Waals surface area contributed by atoms with Crippen LogP contribution in [0, 0.1) is 5.82 Å². The predicted octanol–water partition coefficient (Wildman–Crippen LogP) is 2.01. The van der Waals surface area contributed by atoms with Crippen molar-refractivity contribution in [2.24, 2.45) is 0 Å². The van der Waals surface area contributed by atoms with Crippen LogP contribution in [-0.4, -0.2) is 17.4 Å². The second-order valence-electron chi connectivity index (χ2n) is 3.63. The maximum atomic E-state index is 12.9. The minimum atomic E-state index is -0.370. The van der Waals surface area contributed by atoms with E-state index in [0.29, 0.717) is 12.2 Å². The summed E-state index contributed by atoms with van der Waals surface area (Å²) >= 11 is 1.53. The molecule has 0 aliphatic carbocycles. The van der Waals surface area contributed by atoms with Crippen molar-refractivity contribution in [2.45, 2.75) is 6.54 Å². The number of thiazole rings is 1. The van der Waals surface area contributed by atoms with Gasteiger partial charge in [-0.3, -0.25) is 9.78 Å². The minimum absolute atomic E-state index is 0.175. The van der Waals surface area contributed by atoms with Crippen molar-refractivity contribution in [3.8, 4) is 0 Å². The van der Waals surface area contributed by atoms with E-state index in [4.69, 9.17) is 0 Å². The van der Waals surface area contributed by atoms with Crippen LogP contribution in [0.15, 0.2) is 36.0 Å². The predicted molar refractivity (Wildman–Crippen MR) is 68.9 cm³/mol. The molecule has 0 atom stereocenters. The maximum absolute atomic E-state index is 12.9. The topological polar surface area (TPSA) is 54.0 Å². The molecule has 0 radical (unpaired) electrons. The molecule has 0 aliphatic heterocycles. The lowest BCUT2D eigenvalue weighted by Gasteiger charge is -2.05. The highest BCUT2D eigenvalue weighted by Crippen LogP contribution is 2.08. The molecule has 0 bridgehead atoms. The van der Waals surface area contributed by atoms with Gasteiger partial charge >= 0.3 is 0 Å². The minimum Gasteiger partial charge on any atom is -0.325 e. The molecule has 2 rings (SSSR count). The van der Waals surface area contributed by atoms with Crippen LogP contribution in [0.1, 0.15) is 4.88 Å². The zero-order chi connectivity index (χ0) is 12.8. The first kappa shape index (κ1) is 12.7. The van der Waals surface area contributed by atoms with Gasteiger partial charge in [0.25, 0.3) is 0 Å². The lowest BCUT2D eigenvalue weighted by Crippen LogP contribution is -2.27. The Balaban J connectivity index is 1.75.